The molecule has 1 heterocycles. The molecular weight excluding hydrogens is 652 g/mol. The van der Waals surface area contributed by atoms with Gasteiger partial charge in [0.25, 0.3) is 0 Å². The fourth-order valence-electron chi connectivity index (χ4n) is 4.42. The molecule has 5 unspecified atom stereocenters. The molecule has 2 aromatic rings. The van der Waals surface area contributed by atoms with Gasteiger partial charge in [-0.05, 0) is 48.0 Å². The maximum atomic E-state index is 13.2. The molecule has 1 fully saturated rings. The Labute approximate surface area is 280 Å². The Morgan fingerprint density at radius 1 is 0.612 bits per heavy atom. The van der Waals surface area contributed by atoms with Crippen LogP contribution in [0.4, 0.5) is 0 Å². The minimum Gasteiger partial charge on any atom is -0.463 e. The Balaban J connectivity index is 1.98. The summed E-state index contributed by atoms with van der Waals surface area (Å²) < 4.78 is 48.8. The van der Waals surface area contributed by atoms with E-state index in [4.69, 9.17) is 42.6 Å². The molecule has 0 aromatic heterocycles. The van der Waals surface area contributed by atoms with Gasteiger partial charge in [-0.1, -0.05) is 6.07 Å². The van der Waals surface area contributed by atoms with E-state index in [0.29, 0.717) is 5.56 Å². The van der Waals surface area contributed by atoms with Crippen LogP contribution in [0.5, 0.6) is 23.0 Å². The first kappa shape index (κ1) is 37.7. The van der Waals surface area contributed by atoms with E-state index < -0.39 is 79.1 Å². The van der Waals surface area contributed by atoms with Crippen molar-refractivity contribution in [2.24, 2.45) is 0 Å². The monoisotopic (exact) mass is 686 g/mol. The highest BCUT2D eigenvalue weighted by atomic mass is 16.7. The third-order valence-corrected chi connectivity index (χ3v) is 6.12. The Morgan fingerprint density at radius 3 is 1.76 bits per heavy atom. The van der Waals surface area contributed by atoms with Crippen molar-refractivity contribution in [1.29, 1.82) is 0 Å². The fraction of sp³-hybridized carbons (Fsp3) is 0.364. The van der Waals surface area contributed by atoms with Gasteiger partial charge in [-0.15, -0.1) is 0 Å². The molecule has 0 amide bonds. The zero-order chi connectivity index (χ0) is 36.2. The average molecular weight is 687 g/mol. The van der Waals surface area contributed by atoms with Gasteiger partial charge in [0, 0.05) is 47.6 Å². The summed E-state index contributed by atoms with van der Waals surface area (Å²) in [6.07, 6.45) is -5.09. The van der Waals surface area contributed by atoms with Crippen LogP contribution in [-0.2, 0) is 57.2 Å². The van der Waals surface area contributed by atoms with Gasteiger partial charge in [-0.3, -0.25) is 28.8 Å². The third-order valence-electron chi connectivity index (χ3n) is 6.12. The molecule has 1 aliphatic rings. The van der Waals surface area contributed by atoms with Gasteiger partial charge in [0.1, 0.15) is 24.2 Å². The van der Waals surface area contributed by atoms with Crippen LogP contribution >= 0.6 is 0 Å². The predicted octanol–water partition coefficient (Wildman–Crippen LogP) is 2.62. The van der Waals surface area contributed by atoms with Crippen LogP contribution in [0.1, 0.15) is 47.1 Å². The Kier molecular flexibility index (Phi) is 13.4. The first-order chi connectivity index (χ1) is 23.1. The SMILES string of the molecule is CC(=O)OCC1OC(Oc2ccc(OC(C)=O)cc2)C(OC(=O)/C=C/c2ccc(OC(C)=O)c(OC(C)=O)c2)C(OC(C)=O)C1OC(C)=O. The zero-order valence-corrected chi connectivity index (χ0v) is 27.3. The quantitative estimate of drug-likeness (QED) is 0.136. The molecule has 16 nitrogen and oxygen atoms in total. The van der Waals surface area contributed by atoms with E-state index in [9.17, 15) is 33.6 Å². The lowest BCUT2D eigenvalue weighted by Crippen LogP contribution is -2.63. The highest BCUT2D eigenvalue weighted by Crippen LogP contribution is 2.32. The van der Waals surface area contributed by atoms with E-state index in [2.05, 4.69) is 0 Å². The van der Waals surface area contributed by atoms with E-state index >= 15 is 0 Å². The minimum absolute atomic E-state index is 0.0355. The largest absolute Gasteiger partial charge is 0.463 e. The molecule has 0 bridgehead atoms. The van der Waals surface area contributed by atoms with Crippen molar-refractivity contribution in [3.8, 4) is 23.0 Å². The van der Waals surface area contributed by atoms with E-state index in [1.54, 1.807) is 0 Å². The van der Waals surface area contributed by atoms with Crippen molar-refractivity contribution in [2.75, 3.05) is 6.61 Å². The molecule has 0 spiro atoms. The fourth-order valence-corrected chi connectivity index (χ4v) is 4.42. The average Bonchev–Trinajstić information content (AvgIpc) is 2.99. The van der Waals surface area contributed by atoms with E-state index in [1.165, 1.54) is 62.4 Å². The van der Waals surface area contributed by atoms with Crippen LogP contribution in [0.3, 0.4) is 0 Å². The Hall–Kier alpha value is -5.77. The van der Waals surface area contributed by atoms with E-state index in [1.807, 2.05) is 0 Å². The molecule has 1 saturated heterocycles. The van der Waals surface area contributed by atoms with Crippen LogP contribution in [0.25, 0.3) is 6.08 Å². The van der Waals surface area contributed by atoms with Gasteiger partial charge in [0.15, 0.2) is 23.7 Å². The van der Waals surface area contributed by atoms with Gasteiger partial charge in [0.05, 0.1) is 0 Å². The highest BCUT2D eigenvalue weighted by Gasteiger charge is 2.53. The van der Waals surface area contributed by atoms with Gasteiger partial charge < -0.3 is 42.6 Å². The summed E-state index contributed by atoms with van der Waals surface area (Å²) >= 11 is 0. The van der Waals surface area contributed by atoms with Crippen LogP contribution < -0.4 is 18.9 Å². The molecule has 0 aliphatic carbocycles. The summed E-state index contributed by atoms with van der Waals surface area (Å²) in [6.45, 7) is 6.37. The maximum Gasteiger partial charge on any atom is 0.331 e. The summed E-state index contributed by atoms with van der Waals surface area (Å²) in [6, 6.07) is 9.81. The number of benzene rings is 2. The summed E-state index contributed by atoms with van der Waals surface area (Å²) in [4.78, 5) is 83.5. The maximum absolute atomic E-state index is 13.2. The molecule has 1 aliphatic heterocycles. The number of hydrogen-bond acceptors (Lipinski definition) is 16. The number of hydrogen-bond donors (Lipinski definition) is 0. The van der Waals surface area contributed by atoms with Crippen LogP contribution in [-0.4, -0.2) is 79.1 Å². The number of carbonyl (C=O) groups excluding carboxylic acids is 7. The molecule has 2 aromatic carbocycles. The number of ether oxygens (including phenoxy) is 9. The minimum atomic E-state index is -1.59. The van der Waals surface area contributed by atoms with Crippen molar-refractivity contribution in [1.82, 2.24) is 0 Å². The van der Waals surface area contributed by atoms with Crippen molar-refractivity contribution < 1.29 is 76.2 Å². The van der Waals surface area contributed by atoms with Gasteiger partial charge in [0.2, 0.25) is 12.4 Å². The molecule has 16 heteroatoms. The molecule has 3 rings (SSSR count). The van der Waals surface area contributed by atoms with Crippen molar-refractivity contribution in [3.05, 3.63) is 54.1 Å². The van der Waals surface area contributed by atoms with Gasteiger partial charge >= 0.3 is 41.8 Å². The molecule has 5 atom stereocenters. The summed E-state index contributed by atoms with van der Waals surface area (Å²) in [5.41, 5.74) is 0.320. The standard InChI is InChI=1S/C33H34O16/c1-17(34)41-16-28-30(45-21(5)38)31(46-22(6)39)32(33(48-28)47-25-11-9-24(10-12-25)42-18(2)35)49-29(40)14-8-23-7-13-26(43-19(3)36)27(15-23)44-20(4)37/h7-15,28,30-33H,16H2,1-6H3/b14-8+. The molecule has 0 N–H and O–H groups in total. The molecule has 49 heavy (non-hydrogen) atoms. The highest BCUT2D eigenvalue weighted by molar-refractivity contribution is 5.87. The first-order valence-corrected chi connectivity index (χ1v) is 14.6. The second-order valence-electron chi connectivity index (χ2n) is 10.3. The Morgan fingerprint density at radius 2 is 1.18 bits per heavy atom. The second kappa shape index (κ2) is 17.4. The predicted molar refractivity (Wildman–Crippen MR) is 163 cm³/mol. The molecule has 0 saturated carbocycles. The number of rotatable bonds is 12. The van der Waals surface area contributed by atoms with Crippen LogP contribution in [0, 0.1) is 0 Å². The number of carbonyl (C=O) groups is 7. The van der Waals surface area contributed by atoms with Crippen LogP contribution in [0.2, 0.25) is 0 Å². The smallest absolute Gasteiger partial charge is 0.331 e. The van der Waals surface area contributed by atoms with Gasteiger partial charge in [-0.25, -0.2) is 4.79 Å². The topological polar surface area (TPSA) is 203 Å². The third kappa shape index (κ3) is 12.1. The lowest BCUT2D eigenvalue weighted by molar-refractivity contribution is -0.288. The molecule has 262 valence electrons. The first-order valence-electron chi connectivity index (χ1n) is 14.6. The summed E-state index contributed by atoms with van der Waals surface area (Å²) in [5.74, 6) is -5.06. The summed E-state index contributed by atoms with van der Waals surface area (Å²) in [7, 11) is 0. The normalized spacial score (nSPS) is 19.9. The Bertz CT molecular complexity index is 1590. The second-order valence-corrected chi connectivity index (χ2v) is 10.3. The lowest BCUT2D eigenvalue weighted by atomic mass is 9.98. The summed E-state index contributed by atoms with van der Waals surface area (Å²) in [5, 5.41) is 0. The van der Waals surface area contributed by atoms with E-state index in [0.717, 1.165) is 33.8 Å². The van der Waals surface area contributed by atoms with Crippen molar-refractivity contribution in [3.63, 3.8) is 0 Å². The molecular formula is C33H34O16. The van der Waals surface area contributed by atoms with Crippen LogP contribution in [0.15, 0.2) is 48.5 Å². The number of esters is 7. The lowest BCUT2D eigenvalue weighted by Gasteiger charge is -2.43. The zero-order valence-electron chi connectivity index (χ0n) is 27.3. The van der Waals surface area contributed by atoms with Gasteiger partial charge in [-0.2, -0.15) is 0 Å². The van der Waals surface area contributed by atoms with E-state index in [-0.39, 0.29) is 23.0 Å². The van der Waals surface area contributed by atoms with Crippen molar-refractivity contribution in [2.45, 2.75) is 72.2 Å². The van der Waals surface area contributed by atoms with Crippen molar-refractivity contribution >= 4 is 47.9 Å². The molecule has 0 radical (unpaired) electrons.